The summed E-state index contributed by atoms with van der Waals surface area (Å²) in [6.07, 6.45) is -0.397. The largest absolute Gasteiger partial charge is 0.447 e. The Hall–Kier alpha value is -2.82. The van der Waals surface area contributed by atoms with Crippen LogP contribution in [0.25, 0.3) is 0 Å². The zero-order valence-corrected chi connectivity index (χ0v) is 14.0. The Labute approximate surface area is 140 Å². The highest BCUT2D eigenvalue weighted by Gasteiger charge is 2.24. The van der Waals surface area contributed by atoms with E-state index in [1.54, 1.807) is 24.3 Å². The predicted molar refractivity (Wildman–Crippen MR) is 90.7 cm³/mol. The van der Waals surface area contributed by atoms with E-state index in [0.717, 1.165) is 16.7 Å². The van der Waals surface area contributed by atoms with Crippen LogP contribution in [0.15, 0.2) is 36.4 Å². The molecule has 0 aliphatic carbocycles. The maximum absolute atomic E-state index is 12.5. The van der Waals surface area contributed by atoms with Crippen LogP contribution in [-0.4, -0.2) is 25.2 Å². The fourth-order valence-electron chi connectivity index (χ4n) is 2.91. The van der Waals surface area contributed by atoms with E-state index in [1.807, 2.05) is 32.9 Å². The predicted octanol–water partition coefficient (Wildman–Crippen LogP) is 3.79. The highest BCUT2D eigenvalue weighted by atomic mass is 16.6. The molecule has 0 N–H and O–H groups in total. The monoisotopic (exact) mass is 325 g/mol. The van der Waals surface area contributed by atoms with Crippen LogP contribution >= 0.6 is 0 Å². The number of rotatable bonds is 3. The molecule has 1 heterocycles. The van der Waals surface area contributed by atoms with Crippen LogP contribution < -0.4 is 9.64 Å². The number of esters is 1. The molecule has 5 heteroatoms. The fourth-order valence-corrected chi connectivity index (χ4v) is 2.91. The summed E-state index contributed by atoms with van der Waals surface area (Å²) in [5.41, 5.74) is 3.98. The Morgan fingerprint density at radius 1 is 1.12 bits per heavy atom. The minimum absolute atomic E-state index is 0.356. The van der Waals surface area contributed by atoms with Gasteiger partial charge < -0.3 is 9.47 Å². The summed E-state index contributed by atoms with van der Waals surface area (Å²) in [4.78, 5) is 25.6. The van der Waals surface area contributed by atoms with Crippen LogP contribution in [0, 0.1) is 20.8 Å². The molecule has 2 aromatic carbocycles. The van der Waals surface area contributed by atoms with E-state index in [4.69, 9.17) is 9.47 Å². The summed E-state index contributed by atoms with van der Waals surface area (Å²) >= 11 is 0. The highest BCUT2D eigenvalue weighted by molar-refractivity contribution is 5.95. The first-order valence-corrected chi connectivity index (χ1v) is 7.80. The standard InChI is InChI=1S/C19H19NO4/c1-12-9-13(2)17(14(3)10-12)24-18(21)15-5-4-6-16(11-15)20-7-8-23-19(20)22/h4-6,9-11H,7-8H2,1-3H3. The van der Waals surface area contributed by atoms with Crippen LogP contribution in [0.1, 0.15) is 27.0 Å². The van der Waals surface area contributed by atoms with Crippen molar-refractivity contribution in [3.8, 4) is 5.75 Å². The van der Waals surface area contributed by atoms with Gasteiger partial charge in [0.05, 0.1) is 12.1 Å². The molecule has 0 saturated carbocycles. The van der Waals surface area contributed by atoms with E-state index in [-0.39, 0.29) is 0 Å². The first-order chi connectivity index (χ1) is 11.5. The molecule has 2 aromatic rings. The lowest BCUT2D eigenvalue weighted by atomic mass is 10.1. The number of cyclic esters (lactones) is 1. The molecule has 0 radical (unpaired) electrons. The number of carbonyl (C=O) groups excluding carboxylic acids is 2. The summed E-state index contributed by atoms with van der Waals surface area (Å²) in [5, 5.41) is 0. The number of nitrogens with zero attached hydrogens (tertiary/aromatic N) is 1. The van der Waals surface area contributed by atoms with Gasteiger partial charge in [0, 0.05) is 5.69 Å². The SMILES string of the molecule is Cc1cc(C)c(OC(=O)c2cccc(N3CCOC3=O)c2)c(C)c1. The molecule has 24 heavy (non-hydrogen) atoms. The molecule has 0 spiro atoms. The normalized spacial score (nSPS) is 13.8. The van der Waals surface area contributed by atoms with Gasteiger partial charge in [-0.25, -0.2) is 9.59 Å². The van der Waals surface area contributed by atoms with Crippen molar-refractivity contribution in [3.05, 3.63) is 58.7 Å². The van der Waals surface area contributed by atoms with Crippen molar-refractivity contribution >= 4 is 17.7 Å². The van der Waals surface area contributed by atoms with Crippen molar-refractivity contribution in [2.75, 3.05) is 18.1 Å². The Morgan fingerprint density at radius 3 is 2.46 bits per heavy atom. The second-order valence-corrected chi connectivity index (χ2v) is 5.93. The molecule has 0 unspecified atom stereocenters. The number of carbonyl (C=O) groups is 2. The summed E-state index contributed by atoms with van der Waals surface area (Å²) in [6, 6.07) is 10.8. The molecular formula is C19H19NO4. The minimum Gasteiger partial charge on any atom is -0.447 e. The third-order valence-corrected chi connectivity index (χ3v) is 3.95. The van der Waals surface area contributed by atoms with Crippen molar-refractivity contribution < 1.29 is 19.1 Å². The third kappa shape index (κ3) is 3.11. The van der Waals surface area contributed by atoms with Crippen molar-refractivity contribution in [1.82, 2.24) is 0 Å². The van der Waals surface area contributed by atoms with Crippen molar-refractivity contribution in [2.45, 2.75) is 20.8 Å². The Bertz CT molecular complexity index is 790. The van der Waals surface area contributed by atoms with E-state index in [2.05, 4.69) is 0 Å². The summed E-state index contributed by atoms with van der Waals surface area (Å²) in [5.74, 6) is 0.135. The van der Waals surface area contributed by atoms with Crippen molar-refractivity contribution in [2.24, 2.45) is 0 Å². The van der Waals surface area contributed by atoms with Gasteiger partial charge in [-0.3, -0.25) is 4.90 Å². The Morgan fingerprint density at radius 2 is 1.83 bits per heavy atom. The average molecular weight is 325 g/mol. The summed E-state index contributed by atoms with van der Waals surface area (Å²) < 4.78 is 10.5. The van der Waals surface area contributed by atoms with Crippen molar-refractivity contribution in [3.63, 3.8) is 0 Å². The number of amides is 1. The first kappa shape index (κ1) is 16.1. The summed E-state index contributed by atoms with van der Waals surface area (Å²) in [6.45, 7) is 6.67. The second kappa shape index (κ2) is 6.35. The van der Waals surface area contributed by atoms with E-state index < -0.39 is 12.1 Å². The van der Waals surface area contributed by atoms with Crippen LogP contribution in [0.4, 0.5) is 10.5 Å². The van der Waals surface area contributed by atoms with Gasteiger partial charge in [-0.1, -0.05) is 23.8 Å². The van der Waals surface area contributed by atoms with Crippen LogP contribution in [0.3, 0.4) is 0 Å². The number of benzene rings is 2. The maximum Gasteiger partial charge on any atom is 0.414 e. The van der Waals surface area contributed by atoms with Gasteiger partial charge in [-0.15, -0.1) is 0 Å². The van der Waals surface area contributed by atoms with Gasteiger partial charge in [0.2, 0.25) is 0 Å². The van der Waals surface area contributed by atoms with Gasteiger partial charge in [0.1, 0.15) is 12.4 Å². The number of anilines is 1. The molecule has 3 rings (SSSR count). The quantitative estimate of drug-likeness (QED) is 0.636. The second-order valence-electron chi connectivity index (χ2n) is 5.93. The molecule has 0 bridgehead atoms. The van der Waals surface area contributed by atoms with E-state index in [1.165, 1.54) is 4.90 Å². The molecule has 0 atom stereocenters. The third-order valence-electron chi connectivity index (χ3n) is 3.95. The van der Waals surface area contributed by atoms with Crippen molar-refractivity contribution in [1.29, 1.82) is 0 Å². The number of hydrogen-bond acceptors (Lipinski definition) is 4. The van der Waals surface area contributed by atoms with E-state index >= 15 is 0 Å². The van der Waals surface area contributed by atoms with E-state index in [9.17, 15) is 9.59 Å². The molecule has 1 aliphatic rings. The molecule has 1 aliphatic heterocycles. The number of ether oxygens (including phenoxy) is 2. The molecule has 0 aromatic heterocycles. The van der Waals surface area contributed by atoms with E-state index in [0.29, 0.717) is 30.2 Å². The summed E-state index contributed by atoms with van der Waals surface area (Å²) in [7, 11) is 0. The van der Waals surface area contributed by atoms with Crippen LogP contribution in [0.5, 0.6) is 5.75 Å². The minimum atomic E-state index is -0.445. The molecule has 5 nitrogen and oxygen atoms in total. The number of aryl methyl sites for hydroxylation is 3. The molecule has 1 amide bonds. The van der Waals surface area contributed by atoms with Crippen LogP contribution in [-0.2, 0) is 4.74 Å². The van der Waals surface area contributed by atoms with Gasteiger partial charge in [-0.2, -0.15) is 0 Å². The molecule has 124 valence electrons. The molecular weight excluding hydrogens is 306 g/mol. The highest BCUT2D eigenvalue weighted by Crippen LogP contribution is 2.26. The lowest BCUT2D eigenvalue weighted by molar-refractivity contribution is 0.0732. The zero-order chi connectivity index (χ0) is 17.3. The Kier molecular flexibility index (Phi) is 4.25. The lowest BCUT2D eigenvalue weighted by Crippen LogP contribution is -2.23. The topological polar surface area (TPSA) is 55.8 Å². The number of hydrogen-bond donors (Lipinski definition) is 0. The molecule has 1 saturated heterocycles. The average Bonchev–Trinajstić information content (AvgIpc) is 2.97. The van der Waals surface area contributed by atoms with Gasteiger partial charge in [-0.05, 0) is 50.1 Å². The van der Waals surface area contributed by atoms with Gasteiger partial charge >= 0.3 is 12.1 Å². The van der Waals surface area contributed by atoms with Crippen LogP contribution in [0.2, 0.25) is 0 Å². The first-order valence-electron chi connectivity index (χ1n) is 7.80. The smallest absolute Gasteiger partial charge is 0.414 e. The maximum atomic E-state index is 12.5. The fraction of sp³-hybridized carbons (Fsp3) is 0.263. The van der Waals surface area contributed by atoms with Gasteiger partial charge in [0.25, 0.3) is 0 Å². The zero-order valence-electron chi connectivity index (χ0n) is 14.0. The Balaban J connectivity index is 1.85. The lowest BCUT2D eigenvalue weighted by Gasteiger charge is -2.14. The van der Waals surface area contributed by atoms with Gasteiger partial charge in [0.15, 0.2) is 0 Å². The molecule has 1 fully saturated rings.